The summed E-state index contributed by atoms with van der Waals surface area (Å²) in [6, 6.07) is 5.97. The van der Waals surface area contributed by atoms with Crippen LogP contribution in [0.25, 0.3) is 0 Å². The predicted molar refractivity (Wildman–Crippen MR) is 77.9 cm³/mol. The van der Waals surface area contributed by atoms with Crippen LogP contribution >= 0.6 is 0 Å². The van der Waals surface area contributed by atoms with Gasteiger partial charge in [0.1, 0.15) is 5.82 Å². The molecule has 1 aliphatic rings. The van der Waals surface area contributed by atoms with Crippen molar-refractivity contribution in [2.24, 2.45) is 11.8 Å². The summed E-state index contributed by atoms with van der Waals surface area (Å²) in [5.41, 5.74) is 0.692. The van der Waals surface area contributed by atoms with Crippen molar-refractivity contribution in [1.82, 2.24) is 4.90 Å². The van der Waals surface area contributed by atoms with Crippen molar-refractivity contribution >= 4 is 17.8 Å². The molecule has 0 aliphatic carbocycles. The molecule has 0 radical (unpaired) electrons. The number of esters is 1. The van der Waals surface area contributed by atoms with Gasteiger partial charge in [-0.15, -0.1) is 0 Å². The van der Waals surface area contributed by atoms with Gasteiger partial charge in [-0.3, -0.25) is 14.4 Å². The van der Waals surface area contributed by atoms with Crippen molar-refractivity contribution in [3.8, 4) is 0 Å². The smallest absolute Gasteiger partial charge is 0.311 e. The van der Waals surface area contributed by atoms with E-state index in [1.807, 2.05) is 0 Å². The second-order valence-electron chi connectivity index (χ2n) is 5.50. The Morgan fingerprint density at radius 3 is 2.61 bits per heavy atom. The van der Waals surface area contributed by atoms with Crippen molar-refractivity contribution in [2.75, 3.05) is 20.2 Å². The number of halogens is 1. The van der Waals surface area contributed by atoms with Gasteiger partial charge in [0.05, 0.1) is 18.9 Å². The van der Waals surface area contributed by atoms with Crippen LogP contribution in [0.3, 0.4) is 0 Å². The van der Waals surface area contributed by atoms with Crippen LogP contribution in [0.1, 0.15) is 12.0 Å². The van der Waals surface area contributed by atoms with Crippen LogP contribution in [0.4, 0.5) is 4.39 Å². The summed E-state index contributed by atoms with van der Waals surface area (Å²) in [6.45, 7) is 0.0166. The number of nitrogens with zero attached hydrogens (tertiary/aromatic N) is 1. The van der Waals surface area contributed by atoms with Gasteiger partial charge in [-0.05, 0) is 24.1 Å². The monoisotopic (exact) mass is 323 g/mol. The summed E-state index contributed by atoms with van der Waals surface area (Å²) >= 11 is 0. The summed E-state index contributed by atoms with van der Waals surface area (Å²) in [6.07, 6.45) is 0.484. The van der Waals surface area contributed by atoms with Crippen LogP contribution in [-0.2, 0) is 25.5 Å². The number of carbonyl (C=O) groups excluding carboxylic acids is 2. The molecule has 124 valence electrons. The van der Waals surface area contributed by atoms with Gasteiger partial charge in [-0.25, -0.2) is 4.39 Å². The molecule has 1 N–H and O–H groups in total. The van der Waals surface area contributed by atoms with Crippen molar-refractivity contribution < 1.29 is 28.6 Å². The first-order chi connectivity index (χ1) is 10.9. The zero-order valence-corrected chi connectivity index (χ0v) is 12.7. The Morgan fingerprint density at radius 2 is 2.00 bits per heavy atom. The molecule has 0 bridgehead atoms. The van der Waals surface area contributed by atoms with Gasteiger partial charge in [0.2, 0.25) is 5.91 Å². The maximum atomic E-state index is 13.1. The predicted octanol–water partition coefficient (Wildman–Crippen LogP) is 1.09. The number of carbonyl (C=O) groups is 3. The fourth-order valence-electron chi connectivity index (χ4n) is 2.75. The van der Waals surface area contributed by atoms with Crippen molar-refractivity contribution in [3.63, 3.8) is 0 Å². The number of hydrogen-bond acceptors (Lipinski definition) is 4. The van der Waals surface area contributed by atoms with Gasteiger partial charge < -0.3 is 14.7 Å². The van der Waals surface area contributed by atoms with E-state index in [2.05, 4.69) is 4.74 Å². The van der Waals surface area contributed by atoms with E-state index in [1.165, 1.54) is 24.1 Å². The number of hydrogen-bond donors (Lipinski definition) is 1. The Bertz CT molecular complexity index is 618. The fourth-order valence-corrected chi connectivity index (χ4v) is 2.75. The van der Waals surface area contributed by atoms with Gasteiger partial charge in [0, 0.05) is 19.5 Å². The third-order valence-electron chi connectivity index (χ3n) is 4.01. The van der Waals surface area contributed by atoms with Crippen molar-refractivity contribution in [3.05, 3.63) is 35.6 Å². The molecule has 1 heterocycles. The van der Waals surface area contributed by atoms with E-state index >= 15 is 0 Å². The molecule has 6 nitrogen and oxygen atoms in total. The van der Waals surface area contributed by atoms with Crippen LogP contribution in [0.2, 0.25) is 0 Å². The van der Waals surface area contributed by atoms with Crippen LogP contribution in [0.5, 0.6) is 0 Å². The maximum Gasteiger partial charge on any atom is 0.311 e. The molecule has 1 aliphatic heterocycles. The zero-order valence-electron chi connectivity index (χ0n) is 12.7. The van der Waals surface area contributed by atoms with E-state index in [0.717, 1.165) is 0 Å². The highest BCUT2D eigenvalue weighted by molar-refractivity contribution is 5.85. The molecule has 1 amide bonds. The van der Waals surface area contributed by atoms with E-state index in [4.69, 9.17) is 0 Å². The minimum absolute atomic E-state index is 0.0168. The quantitative estimate of drug-likeness (QED) is 0.820. The van der Waals surface area contributed by atoms with Crippen LogP contribution in [0.15, 0.2) is 24.3 Å². The lowest BCUT2D eigenvalue weighted by atomic mass is 9.97. The molecule has 1 saturated heterocycles. The van der Waals surface area contributed by atoms with E-state index in [0.29, 0.717) is 12.0 Å². The molecule has 2 rings (SSSR count). The van der Waals surface area contributed by atoms with Gasteiger partial charge in [-0.2, -0.15) is 0 Å². The number of carboxylic acids is 1. The number of methoxy groups -OCH3 is 1. The number of likely N-dealkylation sites (tertiary alicyclic amines) is 1. The Kier molecular flexibility index (Phi) is 5.31. The number of rotatable bonds is 5. The summed E-state index contributed by atoms with van der Waals surface area (Å²) in [5, 5.41) is 9.18. The minimum Gasteiger partial charge on any atom is -0.481 e. The average Bonchev–Trinajstić information content (AvgIpc) is 2.97. The molecule has 0 unspecified atom stereocenters. The highest BCUT2D eigenvalue weighted by Gasteiger charge is 2.44. The molecule has 23 heavy (non-hydrogen) atoms. The molecule has 1 aromatic carbocycles. The first kappa shape index (κ1) is 16.9. The zero-order chi connectivity index (χ0) is 17.0. The molecule has 2 atom stereocenters. The molecular weight excluding hydrogens is 305 g/mol. The number of aryl methyl sites for hydroxylation is 1. The normalized spacial score (nSPS) is 20.3. The Hall–Kier alpha value is -2.44. The van der Waals surface area contributed by atoms with Crippen molar-refractivity contribution in [1.29, 1.82) is 0 Å². The second-order valence-corrected chi connectivity index (χ2v) is 5.50. The molecule has 0 aromatic heterocycles. The SMILES string of the molecule is COC(=O)[C@@H]1CN(C(=O)CCc2cccc(F)c2)C[C@@H]1C(=O)O. The summed E-state index contributed by atoms with van der Waals surface area (Å²) < 4.78 is 17.7. The summed E-state index contributed by atoms with van der Waals surface area (Å²) in [5.74, 6) is -4.19. The van der Waals surface area contributed by atoms with E-state index in [1.54, 1.807) is 12.1 Å². The lowest BCUT2D eigenvalue weighted by Crippen LogP contribution is -2.30. The molecular formula is C16H18FNO5. The Balaban J connectivity index is 1.97. The number of aliphatic carboxylic acids is 1. The largest absolute Gasteiger partial charge is 0.481 e. The Labute approximate surface area is 132 Å². The highest BCUT2D eigenvalue weighted by Crippen LogP contribution is 2.25. The average molecular weight is 323 g/mol. The van der Waals surface area contributed by atoms with Crippen molar-refractivity contribution in [2.45, 2.75) is 12.8 Å². The lowest BCUT2D eigenvalue weighted by molar-refractivity contribution is -0.153. The summed E-state index contributed by atoms with van der Waals surface area (Å²) in [4.78, 5) is 36.5. The van der Waals surface area contributed by atoms with Gasteiger partial charge >= 0.3 is 11.9 Å². The first-order valence-corrected chi connectivity index (χ1v) is 7.25. The number of ether oxygens (including phenoxy) is 1. The molecule has 0 saturated carbocycles. The Morgan fingerprint density at radius 1 is 1.30 bits per heavy atom. The third kappa shape index (κ3) is 4.06. The van der Waals surface area contributed by atoms with Gasteiger partial charge in [0.25, 0.3) is 0 Å². The van der Waals surface area contributed by atoms with Gasteiger partial charge in [0.15, 0.2) is 0 Å². The van der Waals surface area contributed by atoms with Gasteiger partial charge in [-0.1, -0.05) is 12.1 Å². The first-order valence-electron chi connectivity index (χ1n) is 7.25. The number of benzene rings is 1. The molecule has 1 aromatic rings. The summed E-state index contributed by atoms with van der Waals surface area (Å²) in [7, 11) is 1.19. The topological polar surface area (TPSA) is 83.9 Å². The minimum atomic E-state index is -1.12. The van der Waals surface area contributed by atoms with Crippen LogP contribution in [0, 0.1) is 17.7 Å². The highest BCUT2D eigenvalue weighted by atomic mass is 19.1. The third-order valence-corrected chi connectivity index (χ3v) is 4.01. The second kappa shape index (κ2) is 7.21. The molecule has 1 fully saturated rings. The van der Waals surface area contributed by atoms with E-state index in [9.17, 15) is 23.9 Å². The standard InChI is InChI=1S/C16H18FNO5/c1-23-16(22)13-9-18(8-12(13)15(20)21)14(19)6-5-10-3-2-4-11(17)7-10/h2-4,7,12-13H,5-6,8-9H2,1H3,(H,20,21)/t12-,13+/m0/s1. The number of amides is 1. The van der Waals surface area contributed by atoms with Crippen LogP contribution < -0.4 is 0 Å². The van der Waals surface area contributed by atoms with Crippen LogP contribution in [-0.4, -0.2) is 48.1 Å². The fraction of sp³-hybridized carbons (Fsp3) is 0.438. The van der Waals surface area contributed by atoms with E-state index in [-0.39, 0.29) is 31.2 Å². The maximum absolute atomic E-state index is 13.1. The lowest BCUT2D eigenvalue weighted by Gasteiger charge is -2.15. The number of carboxylic acid groups (broad SMARTS) is 1. The molecule has 7 heteroatoms. The molecule has 0 spiro atoms. The van der Waals surface area contributed by atoms with E-state index < -0.39 is 23.8 Å².